The molecule has 1 N–H and O–H groups in total. The predicted molar refractivity (Wildman–Crippen MR) is 95.2 cm³/mol. The summed E-state index contributed by atoms with van der Waals surface area (Å²) in [5, 5.41) is 3.45. The zero-order valence-corrected chi connectivity index (χ0v) is 14.6. The Morgan fingerprint density at radius 2 is 1.92 bits per heavy atom. The number of fused-ring (bicyclic) bond motifs is 1. The third-order valence-corrected chi connectivity index (χ3v) is 4.22. The van der Waals surface area contributed by atoms with E-state index in [9.17, 15) is 4.79 Å². The molecule has 0 saturated heterocycles. The van der Waals surface area contributed by atoms with Crippen molar-refractivity contribution in [2.45, 2.75) is 26.0 Å². The molecule has 3 rings (SSSR count). The first-order valence-electron chi connectivity index (χ1n) is 8.45. The summed E-state index contributed by atoms with van der Waals surface area (Å²) in [7, 11) is 1.67. The third-order valence-electron chi connectivity index (χ3n) is 4.22. The Bertz CT molecular complexity index is 727. The second kappa shape index (κ2) is 8.03. The molecule has 0 aliphatic carbocycles. The molecule has 1 aliphatic heterocycles. The quantitative estimate of drug-likeness (QED) is 0.748. The lowest BCUT2D eigenvalue weighted by Gasteiger charge is -2.15. The Kier molecular flexibility index (Phi) is 5.56. The van der Waals surface area contributed by atoms with Crippen molar-refractivity contribution < 1.29 is 19.0 Å². The molecule has 1 atom stereocenters. The van der Waals surface area contributed by atoms with Crippen LogP contribution in [0.4, 0.5) is 0 Å². The number of carbonyl (C=O) groups excluding carboxylic acids is 1. The Balaban J connectivity index is 1.40. The van der Waals surface area contributed by atoms with E-state index in [-0.39, 0.29) is 12.0 Å². The highest BCUT2D eigenvalue weighted by molar-refractivity contribution is 5.93. The number of cyclic esters (lactones) is 1. The number of hydrogen-bond donors (Lipinski definition) is 1. The summed E-state index contributed by atoms with van der Waals surface area (Å²) in [6.07, 6.45) is 0.951. The van der Waals surface area contributed by atoms with Gasteiger partial charge in [0.15, 0.2) is 0 Å². The van der Waals surface area contributed by atoms with Gasteiger partial charge in [0.2, 0.25) is 0 Å². The van der Waals surface area contributed by atoms with E-state index >= 15 is 0 Å². The third kappa shape index (κ3) is 4.51. The summed E-state index contributed by atoms with van der Waals surface area (Å²) >= 11 is 0. The molecule has 0 radical (unpaired) electrons. The van der Waals surface area contributed by atoms with E-state index < -0.39 is 0 Å². The number of benzene rings is 2. The summed E-state index contributed by atoms with van der Waals surface area (Å²) < 4.78 is 16.0. The van der Waals surface area contributed by atoms with E-state index in [0.29, 0.717) is 18.8 Å². The van der Waals surface area contributed by atoms with Gasteiger partial charge < -0.3 is 19.5 Å². The Labute approximate surface area is 147 Å². The van der Waals surface area contributed by atoms with Gasteiger partial charge in [0.05, 0.1) is 12.7 Å². The van der Waals surface area contributed by atoms with Gasteiger partial charge in [0, 0.05) is 11.6 Å². The van der Waals surface area contributed by atoms with Crippen LogP contribution in [0.5, 0.6) is 11.5 Å². The molecule has 0 bridgehead atoms. The van der Waals surface area contributed by atoms with Crippen molar-refractivity contribution >= 4 is 5.97 Å². The van der Waals surface area contributed by atoms with Crippen molar-refractivity contribution in [3.63, 3.8) is 0 Å². The van der Waals surface area contributed by atoms with E-state index in [4.69, 9.17) is 14.2 Å². The normalized spacial score (nSPS) is 13.9. The molecule has 2 aromatic carbocycles. The highest BCUT2D eigenvalue weighted by Gasteiger charge is 2.21. The Morgan fingerprint density at radius 1 is 1.16 bits per heavy atom. The van der Waals surface area contributed by atoms with Crippen molar-refractivity contribution in [2.75, 3.05) is 20.3 Å². The lowest BCUT2D eigenvalue weighted by atomic mass is 10.1. The topological polar surface area (TPSA) is 56.8 Å². The van der Waals surface area contributed by atoms with E-state index in [2.05, 4.69) is 24.4 Å². The Morgan fingerprint density at radius 3 is 2.68 bits per heavy atom. The maximum Gasteiger partial charge on any atom is 0.338 e. The zero-order chi connectivity index (χ0) is 17.6. The fraction of sp³-hybridized carbons (Fsp3) is 0.350. The fourth-order valence-electron chi connectivity index (χ4n) is 2.73. The first-order chi connectivity index (χ1) is 12.2. The van der Waals surface area contributed by atoms with E-state index in [0.717, 1.165) is 30.0 Å². The smallest absolute Gasteiger partial charge is 0.338 e. The van der Waals surface area contributed by atoms with Crippen LogP contribution in [0.3, 0.4) is 0 Å². The molecule has 5 nitrogen and oxygen atoms in total. The van der Waals surface area contributed by atoms with Gasteiger partial charge in [-0.15, -0.1) is 0 Å². The van der Waals surface area contributed by atoms with Crippen LogP contribution >= 0.6 is 0 Å². The molecule has 1 unspecified atom stereocenters. The number of nitrogens with one attached hydrogen (secondary N) is 1. The molecule has 1 aliphatic rings. The molecule has 0 aromatic heterocycles. The summed E-state index contributed by atoms with van der Waals surface area (Å²) in [6.45, 7) is 3.87. The molecule has 25 heavy (non-hydrogen) atoms. The molecule has 2 aromatic rings. The second-order valence-corrected chi connectivity index (χ2v) is 6.16. The number of carbonyl (C=O) groups is 1. The van der Waals surface area contributed by atoms with Crippen molar-refractivity contribution in [1.82, 2.24) is 5.32 Å². The maximum atomic E-state index is 11.4. The van der Waals surface area contributed by atoms with Gasteiger partial charge in [0.25, 0.3) is 0 Å². The molecular formula is C20H23NO4. The lowest BCUT2D eigenvalue weighted by molar-refractivity contribution is 0.0535. The van der Waals surface area contributed by atoms with Crippen LogP contribution in [0.25, 0.3) is 0 Å². The number of methoxy groups -OCH3 is 1. The standard InChI is InChI=1S/C20H23NO4/c1-14(21-10-9-15-3-5-17(23-2)6-4-15)12-24-18-7-8-19-16(11-18)13-25-20(19)22/h3-8,11,14,21H,9-10,12-13H2,1-2H3. The van der Waals surface area contributed by atoms with Gasteiger partial charge in [-0.25, -0.2) is 4.79 Å². The summed E-state index contributed by atoms with van der Waals surface area (Å²) in [4.78, 5) is 11.4. The zero-order valence-electron chi connectivity index (χ0n) is 14.6. The number of rotatable bonds is 8. The van der Waals surface area contributed by atoms with Crippen LogP contribution in [0.2, 0.25) is 0 Å². The lowest BCUT2D eigenvalue weighted by Crippen LogP contribution is -2.33. The molecule has 1 heterocycles. The molecule has 0 saturated carbocycles. The van der Waals surface area contributed by atoms with Crippen LogP contribution in [0.1, 0.15) is 28.4 Å². The number of hydrogen-bond acceptors (Lipinski definition) is 5. The van der Waals surface area contributed by atoms with Crippen molar-refractivity contribution in [3.05, 3.63) is 59.2 Å². The van der Waals surface area contributed by atoms with Crippen molar-refractivity contribution in [3.8, 4) is 11.5 Å². The fourth-order valence-corrected chi connectivity index (χ4v) is 2.73. The van der Waals surface area contributed by atoms with Crippen LogP contribution in [0, 0.1) is 0 Å². The van der Waals surface area contributed by atoms with Gasteiger partial charge in [-0.05, 0) is 55.8 Å². The van der Waals surface area contributed by atoms with E-state index in [1.165, 1.54) is 5.56 Å². The highest BCUT2D eigenvalue weighted by Crippen LogP contribution is 2.24. The average molecular weight is 341 g/mol. The van der Waals surface area contributed by atoms with Gasteiger partial charge in [-0.2, -0.15) is 0 Å². The largest absolute Gasteiger partial charge is 0.497 e. The van der Waals surface area contributed by atoms with E-state index in [1.807, 2.05) is 24.3 Å². The number of esters is 1. The minimum Gasteiger partial charge on any atom is -0.497 e. The van der Waals surface area contributed by atoms with Gasteiger partial charge in [0.1, 0.15) is 24.7 Å². The SMILES string of the molecule is COc1ccc(CCNC(C)COc2ccc3c(c2)COC3=O)cc1. The first kappa shape index (κ1) is 17.3. The Hall–Kier alpha value is -2.53. The summed E-state index contributed by atoms with van der Waals surface area (Å²) in [5.74, 6) is 1.39. The monoisotopic (exact) mass is 341 g/mol. The van der Waals surface area contributed by atoms with Crippen LogP contribution in [-0.4, -0.2) is 32.3 Å². The van der Waals surface area contributed by atoms with Crippen LogP contribution < -0.4 is 14.8 Å². The number of ether oxygens (including phenoxy) is 3. The molecule has 0 amide bonds. The maximum absolute atomic E-state index is 11.4. The molecule has 0 spiro atoms. The highest BCUT2D eigenvalue weighted by atomic mass is 16.5. The second-order valence-electron chi connectivity index (χ2n) is 6.16. The van der Waals surface area contributed by atoms with E-state index in [1.54, 1.807) is 13.2 Å². The average Bonchev–Trinajstić information content (AvgIpc) is 3.01. The molecular weight excluding hydrogens is 318 g/mol. The predicted octanol–water partition coefficient (Wildman–Crippen LogP) is 2.97. The summed E-state index contributed by atoms with van der Waals surface area (Å²) in [5.41, 5.74) is 2.80. The minimum atomic E-state index is -0.255. The van der Waals surface area contributed by atoms with Crippen LogP contribution in [0.15, 0.2) is 42.5 Å². The van der Waals surface area contributed by atoms with Crippen molar-refractivity contribution in [1.29, 1.82) is 0 Å². The minimum absolute atomic E-state index is 0.226. The van der Waals surface area contributed by atoms with Crippen LogP contribution in [-0.2, 0) is 17.8 Å². The van der Waals surface area contributed by atoms with Gasteiger partial charge in [-0.3, -0.25) is 0 Å². The summed E-state index contributed by atoms with van der Waals surface area (Å²) in [6, 6.07) is 13.8. The van der Waals surface area contributed by atoms with Gasteiger partial charge >= 0.3 is 5.97 Å². The first-order valence-corrected chi connectivity index (χ1v) is 8.45. The van der Waals surface area contributed by atoms with Gasteiger partial charge in [-0.1, -0.05) is 12.1 Å². The molecule has 132 valence electrons. The van der Waals surface area contributed by atoms with Crippen molar-refractivity contribution in [2.24, 2.45) is 0 Å². The molecule has 5 heteroatoms. The molecule has 0 fully saturated rings.